The molecule has 2 rings (SSSR count). The van der Waals surface area contributed by atoms with Crippen LogP contribution in [0.15, 0.2) is 27.1 Å². The predicted molar refractivity (Wildman–Crippen MR) is 76.2 cm³/mol. The van der Waals surface area contributed by atoms with Crippen LogP contribution in [0.5, 0.6) is 0 Å². The first kappa shape index (κ1) is 12.3. The molecular weight excluding hydrogens is 353 g/mol. The summed E-state index contributed by atoms with van der Waals surface area (Å²) in [6.45, 7) is 4.22. The Morgan fingerprint density at radius 2 is 1.81 bits per heavy atom. The maximum atomic E-state index is 6.18. The molecule has 16 heavy (non-hydrogen) atoms. The molecule has 0 unspecified atom stereocenters. The number of aromatic nitrogens is 1. The van der Waals surface area contributed by atoms with Gasteiger partial charge in [-0.25, -0.2) is 4.98 Å². The second kappa shape index (κ2) is 4.63. The fraction of sp³-hybridized carbons (Fsp3) is 0.250. The van der Waals surface area contributed by atoms with E-state index in [4.69, 9.17) is 11.6 Å². The zero-order valence-corrected chi connectivity index (χ0v) is 12.8. The van der Waals surface area contributed by atoms with Crippen molar-refractivity contribution >= 4 is 54.4 Å². The summed E-state index contributed by atoms with van der Waals surface area (Å²) in [6.07, 6.45) is 0. The molecule has 1 nitrogen and oxygen atoms in total. The first-order chi connectivity index (χ1) is 7.50. The van der Waals surface area contributed by atoms with Gasteiger partial charge in [-0.15, -0.1) is 0 Å². The lowest BCUT2D eigenvalue weighted by atomic mass is 10.0. The average Bonchev–Trinajstić information content (AvgIpc) is 2.23. The normalized spacial score (nSPS) is 11.4. The van der Waals surface area contributed by atoms with Crippen molar-refractivity contribution in [1.82, 2.24) is 4.98 Å². The Bertz CT molecular complexity index is 552. The summed E-state index contributed by atoms with van der Waals surface area (Å²) in [5.74, 6) is 0.371. The zero-order chi connectivity index (χ0) is 11.9. The number of pyridine rings is 1. The molecule has 0 spiro atoms. The summed E-state index contributed by atoms with van der Waals surface area (Å²) in [5, 5.41) is 1.67. The summed E-state index contributed by atoms with van der Waals surface area (Å²) in [4.78, 5) is 4.45. The average molecular weight is 363 g/mol. The molecule has 0 aliphatic carbocycles. The van der Waals surface area contributed by atoms with Crippen LogP contribution in [0.25, 0.3) is 10.9 Å². The number of fused-ring (bicyclic) bond motifs is 1. The maximum absolute atomic E-state index is 6.18. The van der Waals surface area contributed by atoms with E-state index in [9.17, 15) is 0 Å². The van der Waals surface area contributed by atoms with Gasteiger partial charge in [0.15, 0.2) is 0 Å². The SMILES string of the molecule is CC(C)c1cc2c(Br)ccc(Br)c2nc1Cl. The largest absolute Gasteiger partial charge is 0.235 e. The molecule has 2 aromatic rings. The highest BCUT2D eigenvalue weighted by Gasteiger charge is 2.11. The summed E-state index contributed by atoms with van der Waals surface area (Å²) in [6, 6.07) is 6.07. The zero-order valence-electron chi connectivity index (χ0n) is 8.89. The Hall–Kier alpha value is -0.120. The Morgan fingerprint density at radius 3 is 2.44 bits per heavy atom. The number of hydrogen-bond acceptors (Lipinski definition) is 1. The van der Waals surface area contributed by atoms with Crippen LogP contribution in [0, 0.1) is 0 Å². The van der Waals surface area contributed by atoms with Crippen LogP contribution in [0.1, 0.15) is 25.3 Å². The van der Waals surface area contributed by atoms with Gasteiger partial charge in [-0.05, 0) is 45.6 Å². The smallest absolute Gasteiger partial charge is 0.133 e. The molecule has 0 aliphatic heterocycles. The van der Waals surface area contributed by atoms with E-state index in [0.29, 0.717) is 11.1 Å². The van der Waals surface area contributed by atoms with Gasteiger partial charge in [-0.1, -0.05) is 41.4 Å². The molecule has 0 bridgehead atoms. The fourth-order valence-electron chi connectivity index (χ4n) is 1.59. The van der Waals surface area contributed by atoms with Gasteiger partial charge in [0.25, 0.3) is 0 Å². The van der Waals surface area contributed by atoms with Gasteiger partial charge in [-0.2, -0.15) is 0 Å². The molecular formula is C12H10Br2ClN. The molecule has 1 aromatic carbocycles. The number of rotatable bonds is 1. The van der Waals surface area contributed by atoms with Crippen molar-refractivity contribution in [3.8, 4) is 0 Å². The summed E-state index contributed by atoms with van der Waals surface area (Å²) in [7, 11) is 0. The summed E-state index contributed by atoms with van der Waals surface area (Å²) < 4.78 is 2.00. The minimum atomic E-state index is 0.371. The van der Waals surface area contributed by atoms with E-state index in [0.717, 1.165) is 25.4 Å². The predicted octanol–water partition coefficient (Wildman–Crippen LogP) is 5.54. The third-order valence-corrected chi connectivity index (χ3v) is 4.12. The quantitative estimate of drug-likeness (QED) is 0.607. The Kier molecular flexibility index (Phi) is 3.57. The molecule has 1 heterocycles. The van der Waals surface area contributed by atoms with E-state index in [1.54, 1.807) is 0 Å². The van der Waals surface area contributed by atoms with Gasteiger partial charge in [0.1, 0.15) is 5.15 Å². The van der Waals surface area contributed by atoms with Gasteiger partial charge >= 0.3 is 0 Å². The summed E-state index contributed by atoms with van der Waals surface area (Å²) >= 11 is 13.2. The fourth-order valence-corrected chi connectivity index (χ4v) is 2.82. The first-order valence-electron chi connectivity index (χ1n) is 4.95. The second-order valence-electron chi connectivity index (χ2n) is 3.95. The highest BCUT2D eigenvalue weighted by molar-refractivity contribution is 9.11. The monoisotopic (exact) mass is 361 g/mol. The molecule has 0 amide bonds. The van der Waals surface area contributed by atoms with Gasteiger partial charge in [-0.3, -0.25) is 0 Å². The second-order valence-corrected chi connectivity index (χ2v) is 6.02. The lowest BCUT2D eigenvalue weighted by molar-refractivity contribution is 0.862. The van der Waals surface area contributed by atoms with Gasteiger partial charge in [0, 0.05) is 14.3 Å². The van der Waals surface area contributed by atoms with E-state index in [1.807, 2.05) is 12.1 Å². The molecule has 0 atom stereocenters. The topological polar surface area (TPSA) is 12.9 Å². The third-order valence-electron chi connectivity index (χ3n) is 2.48. The van der Waals surface area contributed by atoms with Crippen molar-refractivity contribution in [3.05, 3.63) is 37.9 Å². The molecule has 0 aliphatic rings. The molecule has 1 aromatic heterocycles. The standard InChI is InChI=1S/C12H10Br2ClN/c1-6(2)7-5-8-9(13)3-4-10(14)11(8)16-12(7)15/h3-6H,1-2H3. The minimum Gasteiger partial charge on any atom is -0.235 e. The van der Waals surface area contributed by atoms with Gasteiger partial charge < -0.3 is 0 Å². The van der Waals surface area contributed by atoms with Crippen molar-refractivity contribution in [2.24, 2.45) is 0 Å². The molecule has 0 saturated heterocycles. The van der Waals surface area contributed by atoms with Crippen LogP contribution in [-0.4, -0.2) is 4.98 Å². The molecule has 0 N–H and O–H groups in total. The van der Waals surface area contributed by atoms with Gasteiger partial charge in [0.05, 0.1) is 5.52 Å². The Morgan fingerprint density at radius 1 is 1.19 bits per heavy atom. The third kappa shape index (κ3) is 2.13. The van der Waals surface area contributed by atoms with Crippen LogP contribution in [0.2, 0.25) is 5.15 Å². The first-order valence-corrected chi connectivity index (χ1v) is 6.91. The Balaban J connectivity index is 2.84. The molecule has 0 saturated carbocycles. The van der Waals surface area contributed by atoms with Crippen LogP contribution in [0.3, 0.4) is 0 Å². The minimum absolute atomic E-state index is 0.371. The van der Waals surface area contributed by atoms with Crippen LogP contribution < -0.4 is 0 Å². The van der Waals surface area contributed by atoms with E-state index in [1.165, 1.54) is 0 Å². The number of benzene rings is 1. The van der Waals surface area contributed by atoms with Crippen molar-refractivity contribution < 1.29 is 0 Å². The molecule has 4 heteroatoms. The van der Waals surface area contributed by atoms with E-state index >= 15 is 0 Å². The molecule has 0 fully saturated rings. The molecule has 0 radical (unpaired) electrons. The highest BCUT2D eigenvalue weighted by Crippen LogP contribution is 2.33. The van der Waals surface area contributed by atoms with Crippen molar-refractivity contribution in [2.75, 3.05) is 0 Å². The summed E-state index contributed by atoms with van der Waals surface area (Å²) in [5.41, 5.74) is 1.97. The van der Waals surface area contributed by atoms with E-state index < -0.39 is 0 Å². The number of halogens is 3. The van der Waals surface area contributed by atoms with Crippen LogP contribution in [-0.2, 0) is 0 Å². The lowest BCUT2D eigenvalue weighted by Gasteiger charge is -2.10. The highest BCUT2D eigenvalue weighted by atomic mass is 79.9. The van der Waals surface area contributed by atoms with Crippen molar-refractivity contribution in [3.63, 3.8) is 0 Å². The van der Waals surface area contributed by atoms with E-state index in [2.05, 4.69) is 56.8 Å². The van der Waals surface area contributed by atoms with Gasteiger partial charge in [0.2, 0.25) is 0 Å². The maximum Gasteiger partial charge on any atom is 0.133 e. The lowest BCUT2D eigenvalue weighted by Crippen LogP contribution is -1.93. The van der Waals surface area contributed by atoms with Crippen LogP contribution in [0.4, 0.5) is 0 Å². The number of hydrogen-bond donors (Lipinski definition) is 0. The van der Waals surface area contributed by atoms with Crippen molar-refractivity contribution in [2.45, 2.75) is 19.8 Å². The van der Waals surface area contributed by atoms with Crippen LogP contribution >= 0.6 is 43.5 Å². The molecule has 84 valence electrons. The Labute approximate surface area is 116 Å². The number of nitrogens with zero attached hydrogens (tertiary/aromatic N) is 1. The van der Waals surface area contributed by atoms with E-state index in [-0.39, 0.29) is 0 Å². The van der Waals surface area contributed by atoms with Crippen molar-refractivity contribution in [1.29, 1.82) is 0 Å².